The van der Waals surface area contributed by atoms with E-state index in [4.69, 9.17) is 4.74 Å². The lowest BCUT2D eigenvalue weighted by molar-refractivity contribution is 0.0992. The van der Waals surface area contributed by atoms with E-state index in [0.29, 0.717) is 12.0 Å². The third kappa shape index (κ3) is 2.99. The van der Waals surface area contributed by atoms with E-state index in [0.717, 1.165) is 15.8 Å². The van der Waals surface area contributed by atoms with Gasteiger partial charge in [-0.3, -0.25) is 4.79 Å². The number of hydrogen-bond acceptors (Lipinski definition) is 2. The maximum absolute atomic E-state index is 12.1. The molecule has 0 saturated carbocycles. The van der Waals surface area contributed by atoms with Gasteiger partial charge >= 0.3 is 0 Å². The molecule has 0 fully saturated rings. The number of Topliss-reactive ketones (excluding diaryl/α,β-unsaturated/α-hetero) is 1. The molecule has 0 aliphatic heterocycles. The zero-order valence-electron chi connectivity index (χ0n) is 10.0. The minimum absolute atomic E-state index is 0.104. The normalized spacial score (nSPS) is 10.1. The van der Waals surface area contributed by atoms with Crippen LogP contribution in [0.1, 0.15) is 15.9 Å². The van der Waals surface area contributed by atoms with Gasteiger partial charge in [-0.25, -0.2) is 0 Å². The molecule has 3 heteroatoms. The first-order chi connectivity index (χ1) is 8.70. The van der Waals surface area contributed by atoms with Gasteiger partial charge in [0.1, 0.15) is 5.75 Å². The van der Waals surface area contributed by atoms with E-state index in [1.54, 1.807) is 7.11 Å². The van der Waals surface area contributed by atoms with Crippen molar-refractivity contribution in [2.24, 2.45) is 0 Å². The van der Waals surface area contributed by atoms with Crippen LogP contribution < -0.4 is 4.74 Å². The van der Waals surface area contributed by atoms with E-state index in [1.807, 2.05) is 48.5 Å². The molecule has 0 aliphatic rings. The molecule has 2 aromatic carbocycles. The first-order valence-corrected chi connectivity index (χ1v) is 6.40. The van der Waals surface area contributed by atoms with E-state index in [1.165, 1.54) is 0 Å². The summed E-state index contributed by atoms with van der Waals surface area (Å²) in [5, 5.41) is 0. The van der Waals surface area contributed by atoms with E-state index >= 15 is 0 Å². The molecule has 92 valence electrons. The van der Waals surface area contributed by atoms with Crippen molar-refractivity contribution in [2.75, 3.05) is 7.11 Å². The predicted octanol–water partition coefficient (Wildman–Crippen LogP) is 3.88. The third-order valence-electron chi connectivity index (χ3n) is 2.70. The summed E-state index contributed by atoms with van der Waals surface area (Å²) in [6, 6.07) is 15.0. The van der Waals surface area contributed by atoms with Crippen molar-refractivity contribution in [3.63, 3.8) is 0 Å². The molecule has 18 heavy (non-hydrogen) atoms. The zero-order valence-corrected chi connectivity index (χ0v) is 11.6. The summed E-state index contributed by atoms with van der Waals surface area (Å²) in [4.78, 5) is 12.1. The Bertz CT molecular complexity index is 547. The molecule has 0 spiro atoms. The number of hydrogen-bond donors (Lipinski definition) is 0. The monoisotopic (exact) mass is 304 g/mol. The quantitative estimate of drug-likeness (QED) is 0.801. The van der Waals surface area contributed by atoms with Crippen LogP contribution in [0.3, 0.4) is 0 Å². The predicted molar refractivity (Wildman–Crippen MR) is 75.2 cm³/mol. The van der Waals surface area contributed by atoms with Gasteiger partial charge in [-0.15, -0.1) is 0 Å². The number of ether oxygens (including phenoxy) is 1. The number of carbonyl (C=O) groups excluding carboxylic acids is 1. The Morgan fingerprint density at radius 3 is 2.39 bits per heavy atom. The molecule has 0 heterocycles. The second-order valence-electron chi connectivity index (χ2n) is 3.93. The highest BCUT2D eigenvalue weighted by molar-refractivity contribution is 9.10. The van der Waals surface area contributed by atoms with E-state index in [2.05, 4.69) is 15.9 Å². The van der Waals surface area contributed by atoms with Crippen LogP contribution in [0.5, 0.6) is 5.75 Å². The number of rotatable bonds is 4. The third-order valence-corrected chi connectivity index (χ3v) is 3.39. The second-order valence-corrected chi connectivity index (χ2v) is 4.78. The summed E-state index contributed by atoms with van der Waals surface area (Å²) in [6.45, 7) is 0. The Morgan fingerprint density at radius 1 is 1.11 bits per heavy atom. The van der Waals surface area contributed by atoms with Gasteiger partial charge in [0, 0.05) is 16.5 Å². The van der Waals surface area contributed by atoms with E-state index in [9.17, 15) is 4.79 Å². The van der Waals surface area contributed by atoms with Gasteiger partial charge in [-0.2, -0.15) is 0 Å². The molecular weight excluding hydrogens is 292 g/mol. The van der Waals surface area contributed by atoms with Crippen molar-refractivity contribution in [1.29, 1.82) is 0 Å². The molecule has 0 unspecified atom stereocenters. The summed E-state index contributed by atoms with van der Waals surface area (Å²) in [5.41, 5.74) is 1.70. The van der Waals surface area contributed by atoms with Crippen molar-refractivity contribution < 1.29 is 9.53 Å². The Labute approximate surface area is 115 Å². The molecule has 0 bridgehead atoms. The molecular formula is C15H13BrO2. The minimum Gasteiger partial charge on any atom is -0.497 e. The van der Waals surface area contributed by atoms with Crippen LogP contribution in [0.2, 0.25) is 0 Å². The fourth-order valence-corrected chi connectivity index (χ4v) is 2.22. The highest BCUT2D eigenvalue weighted by atomic mass is 79.9. The fourth-order valence-electron chi connectivity index (χ4n) is 1.71. The maximum atomic E-state index is 12.1. The summed E-state index contributed by atoms with van der Waals surface area (Å²) in [6.07, 6.45) is 0.395. The summed E-state index contributed by atoms with van der Waals surface area (Å²) < 4.78 is 5.92. The largest absolute Gasteiger partial charge is 0.497 e. The van der Waals surface area contributed by atoms with Gasteiger partial charge in [-0.05, 0) is 23.8 Å². The van der Waals surface area contributed by atoms with Gasteiger partial charge in [-0.1, -0.05) is 46.3 Å². The van der Waals surface area contributed by atoms with Crippen molar-refractivity contribution in [1.82, 2.24) is 0 Å². The number of carbonyl (C=O) groups is 1. The smallest absolute Gasteiger partial charge is 0.168 e. The second kappa shape index (κ2) is 5.83. The molecule has 0 atom stereocenters. The van der Waals surface area contributed by atoms with Crippen molar-refractivity contribution in [3.05, 3.63) is 64.1 Å². The Morgan fingerprint density at radius 2 is 1.78 bits per heavy atom. The number of benzene rings is 2. The molecule has 2 nitrogen and oxygen atoms in total. The minimum atomic E-state index is 0.104. The highest BCUT2D eigenvalue weighted by Gasteiger charge is 2.10. The van der Waals surface area contributed by atoms with Crippen LogP contribution in [0, 0.1) is 0 Å². The Balaban J connectivity index is 2.14. The molecule has 0 saturated heterocycles. The fraction of sp³-hybridized carbons (Fsp3) is 0.133. The SMILES string of the molecule is COc1ccc(CC(=O)c2ccccc2Br)cc1. The Kier molecular flexibility index (Phi) is 4.15. The molecule has 2 rings (SSSR count). The molecule has 0 aromatic heterocycles. The van der Waals surface area contributed by atoms with Crippen molar-refractivity contribution >= 4 is 21.7 Å². The topological polar surface area (TPSA) is 26.3 Å². The van der Waals surface area contributed by atoms with Gasteiger partial charge in [0.15, 0.2) is 5.78 Å². The molecule has 2 aromatic rings. The highest BCUT2D eigenvalue weighted by Crippen LogP contribution is 2.19. The first-order valence-electron chi connectivity index (χ1n) is 5.61. The Hall–Kier alpha value is -1.61. The van der Waals surface area contributed by atoms with Crippen molar-refractivity contribution in [3.8, 4) is 5.75 Å². The van der Waals surface area contributed by atoms with Gasteiger partial charge in [0.05, 0.1) is 7.11 Å². The van der Waals surface area contributed by atoms with Crippen LogP contribution >= 0.6 is 15.9 Å². The zero-order chi connectivity index (χ0) is 13.0. The van der Waals surface area contributed by atoms with Crippen LogP contribution in [-0.4, -0.2) is 12.9 Å². The first kappa shape index (κ1) is 12.8. The van der Waals surface area contributed by atoms with Crippen LogP contribution in [0.25, 0.3) is 0 Å². The molecule has 0 amide bonds. The van der Waals surface area contributed by atoms with Gasteiger partial charge in [0.2, 0.25) is 0 Å². The van der Waals surface area contributed by atoms with Crippen LogP contribution in [0.4, 0.5) is 0 Å². The number of ketones is 1. The standard InChI is InChI=1S/C15H13BrO2/c1-18-12-8-6-11(7-9-12)10-15(17)13-4-2-3-5-14(13)16/h2-9H,10H2,1H3. The molecule has 0 aliphatic carbocycles. The summed E-state index contributed by atoms with van der Waals surface area (Å²) in [5.74, 6) is 0.903. The molecule has 0 N–H and O–H groups in total. The van der Waals surface area contributed by atoms with E-state index < -0.39 is 0 Å². The average Bonchev–Trinajstić information content (AvgIpc) is 2.40. The van der Waals surface area contributed by atoms with Gasteiger partial charge in [0.25, 0.3) is 0 Å². The lowest BCUT2D eigenvalue weighted by Gasteiger charge is -2.05. The molecule has 0 radical (unpaired) electrons. The summed E-state index contributed by atoms with van der Waals surface area (Å²) in [7, 11) is 1.63. The van der Waals surface area contributed by atoms with Crippen LogP contribution in [-0.2, 0) is 6.42 Å². The lowest BCUT2D eigenvalue weighted by atomic mass is 10.0. The van der Waals surface area contributed by atoms with E-state index in [-0.39, 0.29) is 5.78 Å². The van der Waals surface area contributed by atoms with Crippen molar-refractivity contribution in [2.45, 2.75) is 6.42 Å². The lowest BCUT2D eigenvalue weighted by Crippen LogP contribution is -2.04. The average molecular weight is 305 g/mol. The van der Waals surface area contributed by atoms with Crippen LogP contribution in [0.15, 0.2) is 53.0 Å². The number of methoxy groups -OCH3 is 1. The maximum Gasteiger partial charge on any atom is 0.168 e. The summed E-state index contributed by atoms with van der Waals surface area (Å²) >= 11 is 3.39. The number of halogens is 1. The van der Waals surface area contributed by atoms with Gasteiger partial charge < -0.3 is 4.74 Å².